The highest BCUT2D eigenvalue weighted by Crippen LogP contribution is 2.35. The molecule has 0 bridgehead atoms. The molecule has 1 aromatic rings. The van der Waals surface area contributed by atoms with Gasteiger partial charge in [0.1, 0.15) is 0 Å². The Kier molecular flexibility index (Phi) is 4.85. The van der Waals surface area contributed by atoms with E-state index in [2.05, 4.69) is 29.3 Å². The summed E-state index contributed by atoms with van der Waals surface area (Å²) in [6.45, 7) is 1.93. The van der Waals surface area contributed by atoms with Gasteiger partial charge in [-0.3, -0.25) is 14.4 Å². The fraction of sp³-hybridized carbons (Fsp3) is 0.667. The van der Waals surface area contributed by atoms with Crippen LogP contribution in [0.15, 0.2) is 24.0 Å². The van der Waals surface area contributed by atoms with Crippen LogP contribution in [0.1, 0.15) is 43.7 Å². The second-order valence-corrected chi connectivity index (χ2v) is 7.08. The third kappa shape index (κ3) is 3.50. The van der Waals surface area contributed by atoms with Gasteiger partial charge in [0.05, 0.1) is 6.20 Å². The number of rotatable bonds is 4. The minimum Gasteiger partial charge on any atom is -0.342 e. The zero-order valence-electron chi connectivity index (χ0n) is 14.5. The highest BCUT2D eigenvalue weighted by Gasteiger charge is 2.33. The Morgan fingerprint density at radius 3 is 2.87 bits per heavy atom. The molecule has 1 aliphatic carbocycles. The molecule has 3 rings (SSSR count). The normalized spacial score (nSPS) is 25.4. The van der Waals surface area contributed by atoms with Crippen LogP contribution >= 0.6 is 0 Å². The van der Waals surface area contributed by atoms with E-state index in [1.165, 1.54) is 18.4 Å². The predicted molar refractivity (Wildman–Crippen MR) is 90.9 cm³/mol. The molecule has 1 aromatic heterocycles. The number of hydrogen-bond acceptors (Lipinski definition) is 3. The Hall–Kier alpha value is -1.62. The van der Waals surface area contributed by atoms with Crippen molar-refractivity contribution in [3.63, 3.8) is 0 Å². The Morgan fingerprint density at radius 2 is 2.22 bits per heavy atom. The number of likely N-dealkylation sites (tertiary alicyclic amines) is 1. The molecule has 0 radical (unpaired) electrons. The summed E-state index contributed by atoms with van der Waals surface area (Å²) in [5.41, 5.74) is 2.27. The molecule has 126 valence electrons. The average molecular weight is 316 g/mol. The maximum Gasteiger partial charge on any atom is 0.249 e. The van der Waals surface area contributed by atoms with Gasteiger partial charge < -0.3 is 4.90 Å². The van der Waals surface area contributed by atoms with Crippen molar-refractivity contribution >= 4 is 5.91 Å². The largest absolute Gasteiger partial charge is 0.342 e. The van der Waals surface area contributed by atoms with Gasteiger partial charge in [0.15, 0.2) is 0 Å². The Morgan fingerprint density at radius 1 is 1.39 bits per heavy atom. The van der Waals surface area contributed by atoms with Crippen molar-refractivity contribution in [2.75, 3.05) is 27.2 Å². The number of aromatic nitrogens is 2. The highest BCUT2D eigenvalue weighted by atomic mass is 16.2. The molecule has 5 heteroatoms. The summed E-state index contributed by atoms with van der Waals surface area (Å²) >= 11 is 0. The monoisotopic (exact) mass is 316 g/mol. The number of allylic oxidation sites excluding steroid dienone is 1. The first-order valence-corrected chi connectivity index (χ1v) is 8.69. The van der Waals surface area contributed by atoms with Crippen molar-refractivity contribution < 1.29 is 4.79 Å². The van der Waals surface area contributed by atoms with Crippen molar-refractivity contribution in [1.82, 2.24) is 19.6 Å². The first-order chi connectivity index (χ1) is 11.1. The van der Waals surface area contributed by atoms with Gasteiger partial charge in [-0.15, -0.1) is 0 Å². The van der Waals surface area contributed by atoms with Crippen LogP contribution < -0.4 is 0 Å². The highest BCUT2D eigenvalue weighted by molar-refractivity contribution is 5.93. The van der Waals surface area contributed by atoms with Crippen molar-refractivity contribution in [2.45, 2.75) is 38.1 Å². The van der Waals surface area contributed by atoms with E-state index in [9.17, 15) is 4.79 Å². The van der Waals surface area contributed by atoms with Crippen LogP contribution in [0.2, 0.25) is 0 Å². The first kappa shape index (κ1) is 16.2. The Labute approximate surface area is 138 Å². The maximum absolute atomic E-state index is 12.6. The topological polar surface area (TPSA) is 41.4 Å². The van der Waals surface area contributed by atoms with Gasteiger partial charge in [-0.05, 0) is 51.6 Å². The molecular formula is C18H28N4O. The van der Waals surface area contributed by atoms with Crippen LogP contribution in [0.25, 0.3) is 0 Å². The number of aryl methyl sites for hydroxylation is 1. The summed E-state index contributed by atoms with van der Waals surface area (Å²) in [6, 6.07) is 0.352. The van der Waals surface area contributed by atoms with Crippen molar-refractivity contribution in [3.8, 4) is 0 Å². The fourth-order valence-corrected chi connectivity index (χ4v) is 4.12. The van der Waals surface area contributed by atoms with E-state index in [4.69, 9.17) is 0 Å². The van der Waals surface area contributed by atoms with Gasteiger partial charge in [-0.2, -0.15) is 5.10 Å². The summed E-state index contributed by atoms with van der Waals surface area (Å²) in [6.07, 6.45) is 11.7. The van der Waals surface area contributed by atoms with E-state index < -0.39 is 0 Å². The van der Waals surface area contributed by atoms with E-state index in [0.29, 0.717) is 12.0 Å². The van der Waals surface area contributed by atoms with Crippen LogP contribution in [-0.4, -0.2) is 52.7 Å². The molecule has 1 fully saturated rings. The fourth-order valence-electron chi connectivity index (χ4n) is 4.12. The lowest BCUT2D eigenvalue weighted by Gasteiger charge is -2.40. The number of piperidine rings is 1. The van der Waals surface area contributed by atoms with Crippen molar-refractivity contribution in [3.05, 3.63) is 29.6 Å². The average Bonchev–Trinajstić information content (AvgIpc) is 3.18. The number of carbonyl (C=O) groups is 1. The minimum atomic E-state index is 0.223. The molecule has 0 unspecified atom stereocenters. The third-order valence-corrected chi connectivity index (χ3v) is 5.24. The smallest absolute Gasteiger partial charge is 0.249 e. The first-order valence-electron chi connectivity index (χ1n) is 8.69. The molecule has 5 nitrogen and oxygen atoms in total. The van der Waals surface area contributed by atoms with Gasteiger partial charge in [-0.1, -0.05) is 6.08 Å². The maximum atomic E-state index is 12.6. The zero-order valence-corrected chi connectivity index (χ0v) is 14.5. The van der Waals surface area contributed by atoms with E-state index >= 15 is 0 Å². The molecule has 1 saturated heterocycles. The lowest BCUT2D eigenvalue weighted by Crippen LogP contribution is -2.42. The lowest BCUT2D eigenvalue weighted by molar-refractivity contribution is -0.127. The summed E-state index contributed by atoms with van der Waals surface area (Å²) in [7, 11) is 6.10. The van der Waals surface area contributed by atoms with E-state index in [-0.39, 0.29) is 5.91 Å². The summed E-state index contributed by atoms with van der Waals surface area (Å²) in [5.74, 6) is 0.689. The number of amides is 1. The van der Waals surface area contributed by atoms with E-state index in [1.807, 2.05) is 29.9 Å². The van der Waals surface area contributed by atoms with E-state index in [1.54, 1.807) is 0 Å². The Bertz CT molecular complexity index is 592. The van der Waals surface area contributed by atoms with Gasteiger partial charge in [0.25, 0.3) is 0 Å². The van der Waals surface area contributed by atoms with Crippen LogP contribution in [0.4, 0.5) is 0 Å². The molecule has 2 heterocycles. The Balaban J connectivity index is 1.72. The number of hydrogen-bond donors (Lipinski definition) is 0. The van der Waals surface area contributed by atoms with Gasteiger partial charge in [0, 0.05) is 44.0 Å². The summed E-state index contributed by atoms with van der Waals surface area (Å²) < 4.78 is 1.87. The predicted octanol–water partition coefficient (Wildman–Crippen LogP) is 2.37. The molecule has 2 atom stereocenters. The molecule has 0 aromatic carbocycles. The van der Waals surface area contributed by atoms with Crippen molar-refractivity contribution in [1.29, 1.82) is 0 Å². The van der Waals surface area contributed by atoms with E-state index in [0.717, 1.165) is 37.9 Å². The van der Waals surface area contributed by atoms with Crippen molar-refractivity contribution in [2.24, 2.45) is 13.0 Å². The lowest BCUT2D eigenvalue weighted by atomic mass is 9.85. The second kappa shape index (κ2) is 6.87. The van der Waals surface area contributed by atoms with Crippen LogP contribution in [0.3, 0.4) is 0 Å². The molecule has 23 heavy (non-hydrogen) atoms. The second-order valence-electron chi connectivity index (χ2n) is 7.08. The van der Waals surface area contributed by atoms with Crippen LogP contribution in [0, 0.1) is 5.92 Å². The molecular weight excluding hydrogens is 288 g/mol. The van der Waals surface area contributed by atoms with Gasteiger partial charge >= 0.3 is 0 Å². The molecule has 0 saturated carbocycles. The molecule has 0 N–H and O–H groups in total. The number of carbonyl (C=O) groups excluding carboxylic acids is 1. The molecule has 0 spiro atoms. The summed E-state index contributed by atoms with van der Waals surface area (Å²) in [5, 5.41) is 4.34. The quantitative estimate of drug-likeness (QED) is 0.856. The third-order valence-electron chi connectivity index (χ3n) is 5.24. The molecule has 2 aliphatic rings. The van der Waals surface area contributed by atoms with Gasteiger partial charge in [-0.25, -0.2) is 0 Å². The molecule has 1 amide bonds. The standard InChI is InChI=1S/C18H28N4O/c1-20-10-6-9-15(17(20)16-11-19-22(3)13-16)12-21(2)18(23)14-7-4-5-8-14/h7,11,13,15,17H,4-6,8-10,12H2,1-3H3/t15-,17+/m0/s1. The minimum absolute atomic E-state index is 0.223. The van der Waals surface area contributed by atoms with Gasteiger partial charge in [0.2, 0.25) is 5.91 Å². The van der Waals surface area contributed by atoms with Crippen LogP contribution in [0.5, 0.6) is 0 Å². The summed E-state index contributed by atoms with van der Waals surface area (Å²) in [4.78, 5) is 16.9. The molecule has 1 aliphatic heterocycles. The number of likely N-dealkylation sites (N-methyl/N-ethyl adjacent to an activating group) is 1. The number of nitrogens with zero attached hydrogens (tertiary/aromatic N) is 4. The van der Waals surface area contributed by atoms with Crippen LogP contribution in [-0.2, 0) is 11.8 Å². The zero-order chi connectivity index (χ0) is 16.4. The SMILES string of the molecule is CN(C[C@@H]1CCCN(C)[C@H]1c1cnn(C)c1)C(=O)C1=CCCC1.